The highest BCUT2D eigenvalue weighted by molar-refractivity contribution is 7.22. The van der Waals surface area contributed by atoms with Crippen molar-refractivity contribution in [2.45, 2.75) is 46.6 Å². The van der Waals surface area contributed by atoms with Gasteiger partial charge in [-0.3, -0.25) is 9.78 Å². The molecule has 0 fully saturated rings. The fourth-order valence-corrected chi connectivity index (χ4v) is 5.58. The van der Waals surface area contributed by atoms with Crippen LogP contribution in [0, 0.1) is 12.3 Å². The predicted molar refractivity (Wildman–Crippen MR) is 174 cm³/mol. The third-order valence-corrected chi connectivity index (χ3v) is 7.51. The number of thiazole rings is 1. The molecule has 222 valence electrons. The molecule has 0 atom stereocenters. The number of carbonyl (C=O) groups is 1. The fourth-order valence-electron chi connectivity index (χ4n) is 4.32. The van der Waals surface area contributed by atoms with E-state index in [0.29, 0.717) is 33.6 Å². The van der Waals surface area contributed by atoms with Gasteiger partial charge in [-0.25, -0.2) is 15.0 Å². The van der Waals surface area contributed by atoms with E-state index in [4.69, 9.17) is 27.1 Å². The minimum atomic E-state index is -0.894. The number of carboxylic acid groups (broad SMARTS) is 1. The summed E-state index contributed by atoms with van der Waals surface area (Å²) in [6.07, 6.45) is 3.23. The second-order valence-corrected chi connectivity index (χ2v) is 12.4. The number of anilines is 1. The Balaban J connectivity index is 0.000000782. The van der Waals surface area contributed by atoms with Crippen LogP contribution in [0.4, 0.5) is 5.69 Å². The van der Waals surface area contributed by atoms with E-state index in [9.17, 15) is 9.90 Å². The molecule has 0 radical (unpaired) electrons. The fraction of sp³-hybridized carbons (Fsp3) is 0.250. The Morgan fingerprint density at radius 1 is 1.07 bits per heavy atom. The summed E-state index contributed by atoms with van der Waals surface area (Å²) in [5.74, 6) is -0.481. The molecular weight excluding hydrogens is 584 g/mol. The van der Waals surface area contributed by atoms with Crippen molar-refractivity contribution >= 4 is 50.5 Å². The Kier molecular flexibility index (Phi) is 9.54. The van der Waals surface area contributed by atoms with Crippen molar-refractivity contribution < 1.29 is 15.0 Å². The van der Waals surface area contributed by atoms with E-state index < -0.39 is 11.6 Å². The van der Waals surface area contributed by atoms with Crippen molar-refractivity contribution in [3.63, 3.8) is 0 Å². The highest BCUT2D eigenvalue weighted by atomic mass is 35.5. The van der Waals surface area contributed by atoms with Gasteiger partial charge in [0.05, 0.1) is 39.8 Å². The Morgan fingerprint density at radius 2 is 1.74 bits per heavy atom. The molecular formula is C32H33ClN6O3S. The van der Waals surface area contributed by atoms with Gasteiger partial charge < -0.3 is 20.9 Å². The number of rotatable bonds is 7. The SMILES string of the molecule is CC(C)(C)O.CNc1cnc(-c2cc(-c3nc4cc(C)c(CC(=O)O)c(-c5ccc(Cl)cc5)c4s3)ccn2)nc1C(C)=N. The Bertz CT molecular complexity index is 1810. The van der Waals surface area contributed by atoms with Crippen LogP contribution in [-0.4, -0.2) is 54.5 Å². The first-order valence-corrected chi connectivity index (χ1v) is 14.6. The number of nitrogens with zero attached hydrogens (tertiary/aromatic N) is 4. The van der Waals surface area contributed by atoms with Crippen LogP contribution in [0.3, 0.4) is 0 Å². The summed E-state index contributed by atoms with van der Waals surface area (Å²) in [4.78, 5) is 30.1. The van der Waals surface area contributed by atoms with Crippen molar-refractivity contribution in [2.24, 2.45) is 0 Å². The number of hydrogen-bond acceptors (Lipinski definition) is 9. The van der Waals surface area contributed by atoms with E-state index in [1.165, 1.54) is 11.3 Å². The van der Waals surface area contributed by atoms with E-state index in [0.717, 1.165) is 43.0 Å². The van der Waals surface area contributed by atoms with E-state index in [1.807, 2.05) is 37.3 Å². The van der Waals surface area contributed by atoms with Crippen LogP contribution in [0.5, 0.6) is 0 Å². The number of carboxylic acids is 1. The second kappa shape index (κ2) is 12.9. The van der Waals surface area contributed by atoms with Crippen LogP contribution in [0.2, 0.25) is 5.02 Å². The van der Waals surface area contributed by atoms with Crippen LogP contribution in [0.25, 0.3) is 43.4 Å². The zero-order chi connectivity index (χ0) is 31.5. The third-order valence-electron chi connectivity index (χ3n) is 6.12. The third kappa shape index (κ3) is 7.78. The van der Waals surface area contributed by atoms with E-state index >= 15 is 0 Å². The Hall–Kier alpha value is -4.25. The van der Waals surface area contributed by atoms with Crippen LogP contribution in [0.15, 0.2) is 54.9 Å². The van der Waals surface area contributed by atoms with Gasteiger partial charge in [0, 0.05) is 29.4 Å². The smallest absolute Gasteiger partial charge is 0.307 e. The van der Waals surface area contributed by atoms with Crippen molar-refractivity contribution in [3.05, 3.63) is 76.7 Å². The molecule has 0 aliphatic carbocycles. The van der Waals surface area contributed by atoms with Crippen LogP contribution < -0.4 is 5.32 Å². The maximum Gasteiger partial charge on any atom is 0.307 e. The van der Waals surface area contributed by atoms with E-state index in [2.05, 4.69) is 20.3 Å². The second-order valence-electron chi connectivity index (χ2n) is 10.9. The molecule has 0 saturated carbocycles. The first kappa shape index (κ1) is 31.7. The summed E-state index contributed by atoms with van der Waals surface area (Å²) < 4.78 is 0.902. The summed E-state index contributed by atoms with van der Waals surface area (Å²) in [6.45, 7) is 8.82. The molecule has 2 aromatic carbocycles. The average Bonchev–Trinajstić information content (AvgIpc) is 3.36. The quantitative estimate of drug-likeness (QED) is 0.140. The van der Waals surface area contributed by atoms with Gasteiger partial charge in [-0.05, 0) is 81.6 Å². The molecule has 0 bridgehead atoms. The summed E-state index contributed by atoms with van der Waals surface area (Å²) >= 11 is 7.63. The lowest BCUT2D eigenvalue weighted by molar-refractivity contribution is -0.136. The molecule has 3 aromatic heterocycles. The molecule has 0 spiro atoms. The molecule has 5 aromatic rings. The number of aryl methyl sites for hydroxylation is 1. The minimum Gasteiger partial charge on any atom is -0.481 e. The lowest BCUT2D eigenvalue weighted by Gasteiger charge is -2.13. The number of hydrogen-bond donors (Lipinski definition) is 4. The van der Waals surface area contributed by atoms with Crippen LogP contribution >= 0.6 is 22.9 Å². The van der Waals surface area contributed by atoms with Crippen molar-refractivity contribution in [1.82, 2.24) is 19.9 Å². The van der Waals surface area contributed by atoms with Gasteiger partial charge in [-0.1, -0.05) is 23.7 Å². The van der Waals surface area contributed by atoms with Gasteiger partial charge in [-0.2, -0.15) is 0 Å². The molecule has 0 unspecified atom stereocenters. The molecule has 0 aliphatic rings. The van der Waals surface area contributed by atoms with Gasteiger partial charge in [0.25, 0.3) is 0 Å². The zero-order valence-electron chi connectivity index (χ0n) is 24.8. The minimum absolute atomic E-state index is 0.0961. The van der Waals surface area contributed by atoms with Gasteiger partial charge in [0.15, 0.2) is 5.82 Å². The molecule has 0 amide bonds. The molecule has 43 heavy (non-hydrogen) atoms. The zero-order valence-corrected chi connectivity index (χ0v) is 26.4. The van der Waals surface area contributed by atoms with Crippen LogP contribution in [0.1, 0.15) is 44.5 Å². The first-order valence-electron chi connectivity index (χ1n) is 13.5. The summed E-state index contributed by atoms with van der Waals surface area (Å²) in [6, 6.07) is 13.1. The number of aromatic nitrogens is 4. The number of fused-ring (bicyclic) bond motifs is 1. The highest BCUT2D eigenvalue weighted by Gasteiger charge is 2.20. The topological polar surface area (TPSA) is 145 Å². The monoisotopic (exact) mass is 616 g/mol. The van der Waals surface area contributed by atoms with E-state index in [1.54, 1.807) is 59.3 Å². The van der Waals surface area contributed by atoms with Crippen molar-refractivity contribution in [2.75, 3.05) is 12.4 Å². The molecule has 3 heterocycles. The van der Waals surface area contributed by atoms with Crippen LogP contribution in [-0.2, 0) is 11.2 Å². The molecule has 9 nitrogen and oxygen atoms in total. The summed E-state index contributed by atoms with van der Waals surface area (Å²) in [5, 5.41) is 30.6. The lowest BCUT2D eigenvalue weighted by Crippen LogP contribution is -2.10. The average molecular weight is 617 g/mol. The number of pyridine rings is 1. The van der Waals surface area contributed by atoms with Gasteiger partial charge in [0.1, 0.15) is 16.4 Å². The van der Waals surface area contributed by atoms with Crippen molar-refractivity contribution in [1.29, 1.82) is 5.41 Å². The number of aliphatic carboxylic acids is 1. The number of nitrogens with one attached hydrogen (secondary N) is 2. The van der Waals surface area contributed by atoms with Gasteiger partial charge in [0.2, 0.25) is 0 Å². The number of benzene rings is 2. The van der Waals surface area contributed by atoms with Crippen molar-refractivity contribution in [3.8, 4) is 33.2 Å². The normalized spacial score (nSPS) is 11.2. The van der Waals surface area contributed by atoms with E-state index in [-0.39, 0.29) is 6.42 Å². The molecule has 0 saturated heterocycles. The van der Waals surface area contributed by atoms with Gasteiger partial charge in [-0.15, -0.1) is 11.3 Å². The first-order chi connectivity index (χ1) is 20.2. The number of aliphatic hydroxyl groups is 1. The molecule has 11 heteroatoms. The molecule has 5 rings (SSSR count). The maximum absolute atomic E-state index is 11.7. The lowest BCUT2D eigenvalue weighted by atomic mass is 9.93. The molecule has 0 aliphatic heterocycles. The Morgan fingerprint density at radius 3 is 2.35 bits per heavy atom. The largest absolute Gasteiger partial charge is 0.481 e. The maximum atomic E-state index is 11.7. The molecule has 4 N–H and O–H groups in total. The summed E-state index contributed by atoms with van der Waals surface area (Å²) in [7, 11) is 1.76. The Labute approximate surface area is 259 Å². The van der Waals surface area contributed by atoms with Gasteiger partial charge >= 0.3 is 5.97 Å². The number of halogens is 1. The highest BCUT2D eigenvalue weighted by Crippen LogP contribution is 2.41. The predicted octanol–water partition coefficient (Wildman–Crippen LogP) is 7.28. The summed E-state index contributed by atoms with van der Waals surface area (Å²) in [5.41, 5.74) is 6.56. The standard InChI is InChI=1S/C28H23ClN6O2S.C4H10O/c1-14-10-20-26(24(19(14)12-23(36)37)16-4-6-18(29)7-5-16)38-28(34-20)17-8-9-32-21(11-17)27-33-13-22(31-3)25(35-27)15(2)30;1-4(2,3)5/h4-11,13,30-31H,12H2,1-3H3,(H,36,37);5H,1-3H3.